The molecule has 0 amide bonds. The Bertz CT molecular complexity index is 261. The molecule has 1 N–H and O–H groups in total. The molecule has 0 aromatic carbocycles. The standard InChI is InChI=1S/C8H17NO4S/c1-3-5-14(11,12)6-4-9-7-8(10)13-2/h9H,3-7H2,1-2H3. The molecule has 0 aliphatic rings. The van der Waals surface area contributed by atoms with E-state index in [0.717, 1.165) is 0 Å². The fourth-order valence-electron chi connectivity index (χ4n) is 0.903. The normalized spacial score (nSPS) is 11.3. The molecular formula is C8H17NO4S. The summed E-state index contributed by atoms with van der Waals surface area (Å²) >= 11 is 0. The van der Waals surface area contributed by atoms with Gasteiger partial charge in [0.1, 0.15) is 0 Å². The summed E-state index contributed by atoms with van der Waals surface area (Å²) in [4.78, 5) is 10.6. The van der Waals surface area contributed by atoms with Crippen LogP contribution in [-0.4, -0.2) is 46.1 Å². The van der Waals surface area contributed by atoms with Crippen LogP contribution >= 0.6 is 0 Å². The Morgan fingerprint density at radius 2 is 2.00 bits per heavy atom. The lowest BCUT2D eigenvalue weighted by Gasteiger charge is -2.03. The number of nitrogens with one attached hydrogen (secondary N) is 1. The molecule has 0 heterocycles. The van der Waals surface area contributed by atoms with E-state index in [1.165, 1.54) is 7.11 Å². The smallest absolute Gasteiger partial charge is 0.319 e. The summed E-state index contributed by atoms with van der Waals surface area (Å²) in [5.41, 5.74) is 0. The Balaban J connectivity index is 3.59. The second-order valence-corrected chi connectivity index (χ2v) is 5.21. The summed E-state index contributed by atoms with van der Waals surface area (Å²) in [6.45, 7) is 2.16. The van der Waals surface area contributed by atoms with E-state index in [2.05, 4.69) is 10.1 Å². The maximum Gasteiger partial charge on any atom is 0.319 e. The van der Waals surface area contributed by atoms with E-state index in [-0.39, 0.29) is 24.6 Å². The molecule has 0 aliphatic heterocycles. The van der Waals surface area contributed by atoms with Gasteiger partial charge < -0.3 is 10.1 Å². The van der Waals surface area contributed by atoms with Crippen molar-refractivity contribution in [3.05, 3.63) is 0 Å². The molecule has 0 saturated heterocycles. The Morgan fingerprint density at radius 3 is 2.50 bits per heavy atom. The second kappa shape index (κ2) is 6.78. The highest BCUT2D eigenvalue weighted by molar-refractivity contribution is 7.91. The molecule has 0 rings (SSSR count). The zero-order valence-corrected chi connectivity index (χ0v) is 9.39. The Labute approximate surface area is 84.7 Å². The Hall–Kier alpha value is -0.620. The average molecular weight is 223 g/mol. The molecular weight excluding hydrogens is 206 g/mol. The van der Waals surface area contributed by atoms with Gasteiger partial charge in [-0.05, 0) is 6.42 Å². The van der Waals surface area contributed by atoms with Crippen LogP contribution in [0.25, 0.3) is 0 Å². The molecule has 0 aromatic rings. The quantitative estimate of drug-likeness (QED) is 0.468. The van der Waals surface area contributed by atoms with Crippen molar-refractivity contribution in [3.8, 4) is 0 Å². The lowest BCUT2D eigenvalue weighted by molar-refractivity contribution is -0.139. The van der Waals surface area contributed by atoms with Crippen LogP contribution in [0.15, 0.2) is 0 Å². The first kappa shape index (κ1) is 13.4. The highest BCUT2D eigenvalue weighted by atomic mass is 32.2. The van der Waals surface area contributed by atoms with Crippen LogP contribution in [0.3, 0.4) is 0 Å². The molecule has 84 valence electrons. The van der Waals surface area contributed by atoms with Crippen molar-refractivity contribution in [3.63, 3.8) is 0 Å². The number of carbonyl (C=O) groups is 1. The fourth-order valence-corrected chi connectivity index (χ4v) is 2.18. The second-order valence-electron chi connectivity index (χ2n) is 2.90. The summed E-state index contributed by atoms with van der Waals surface area (Å²) < 4.78 is 26.8. The summed E-state index contributed by atoms with van der Waals surface area (Å²) in [6.07, 6.45) is 0.624. The lowest BCUT2D eigenvalue weighted by atomic mass is 10.6. The maximum absolute atomic E-state index is 11.2. The van der Waals surface area contributed by atoms with Crippen molar-refractivity contribution in [1.82, 2.24) is 5.32 Å². The monoisotopic (exact) mass is 223 g/mol. The van der Waals surface area contributed by atoms with Gasteiger partial charge in [0.15, 0.2) is 9.84 Å². The molecule has 0 fully saturated rings. The van der Waals surface area contributed by atoms with Gasteiger partial charge in [-0.1, -0.05) is 6.92 Å². The third-order valence-electron chi connectivity index (χ3n) is 1.60. The molecule has 5 nitrogen and oxygen atoms in total. The van der Waals surface area contributed by atoms with E-state index in [4.69, 9.17) is 0 Å². The topological polar surface area (TPSA) is 72.5 Å². The minimum atomic E-state index is -2.95. The predicted molar refractivity (Wildman–Crippen MR) is 53.8 cm³/mol. The summed E-state index contributed by atoms with van der Waals surface area (Å²) in [7, 11) is -1.66. The average Bonchev–Trinajstić information content (AvgIpc) is 2.12. The summed E-state index contributed by atoms with van der Waals surface area (Å²) in [5.74, 6) is -0.122. The molecule has 0 unspecified atom stereocenters. The largest absolute Gasteiger partial charge is 0.468 e. The minimum Gasteiger partial charge on any atom is -0.468 e. The Kier molecular flexibility index (Phi) is 6.48. The predicted octanol–water partition coefficient (Wildman–Crippen LogP) is -0.426. The molecule has 0 aliphatic carbocycles. The number of sulfone groups is 1. The van der Waals surface area contributed by atoms with E-state index in [9.17, 15) is 13.2 Å². The van der Waals surface area contributed by atoms with Crippen LogP contribution in [0.5, 0.6) is 0 Å². The van der Waals surface area contributed by atoms with Crippen molar-refractivity contribution >= 4 is 15.8 Å². The first-order valence-electron chi connectivity index (χ1n) is 4.49. The van der Waals surface area contributed by atoms with Crippen molar-refractivity contribution in [1.29, 1.82) is 0 Å². The van der Waals surface area contributed by atoms with E-state index >= 15 is 0 Å². The molecule has 0 atom stereocenters. The van der Waals surface area contributed by atoms with Crippen LogP contribution < -0.4 is 5.32 Å². The summed E-state index contributed by atoms with van der Waals surface area (Å²) in [5, 5.41) is 2.70. The minimum absolute atomic E-state index is 0.0537. The first-order valence-corrected chi connectivity index (χ1v) is 6.32. The molecule has 0 aromatic heterocycles. The van der Waals surface area contributed by atoms with E-state index in [0.29, 0.717) is 6.42 Å². The van der Waals surface area contributed by atoms with Crippen LogP contribution in [0.2, 0.25) is 0 Å². The third-order valence-corrected chi connectivity index (χ3v) is 3.46. The number of hydrogen-bond acceptors (Lipinski definition) is 5. The molecule has 6 heteroatoms. The summed E-state index contributed by atoms with van der Waals surface area (Å²) in [6, 6.07) is 0. The Morgan fingerprint density at radius 1 is 1.36 bits per heavy atom. The van der Waals surface area contributed by atoms with Gasteiger partial charge in [-0.25, -0.2) is 8.42 Å². The van der Waals surface area contributed by atoms with E-state index in [1.54, 1.807) is 0 Å². The molecule has 0 radical (unpaired) electrons. The van der Waals surface area contributed by atoms with Gasteiger partial charge >= 0.3 is 5.97 Å². The number of methoxy groups -OCH3 is 1. The number of carbonyl (C=O) groups excluding carboxylic acids is 1. The third kappa shape index (κ3) is 6.85. The van der Waals surface area contributed by atoms with Gasteiger partial charge in [0.25, 0.3) is 0 Å². The number of ether oxygens (including phenoxy) is 1. The van der Waals surface area contributed by atoms with Crippen LogP contribution in [0.1, 0.15) is 13.3 Å². The van der Waals surface area contributed by atoms with Gasteiger partial charge in [-0.15, -0.1) is 0 Å². The lowest BCUT2D eigenvalue weighted by Crippen LogP contribution is -2.29. The zero-order chi connectivity index (χ0) is 11.0. The highest BCUT2D eigenvalue weighted by Gasteiger charge is 2.08. The van der Waals surface area contributed by atoms with E-state index < -0.39 is 15.8 Å². The number of esters is 1. The van der Waals surface area contributed by atoms with Crippen molar-refractivity contribution in [2.45, 2.75) is 13.3 Å². The molecule has 0 spiro atoms. The SMILES string of the molecule is CCCS(=O)(=O)CCNCC(=O)OC. The molecule has 0 saturated carbocycles. The van der Waals surface area contributed by atoms with Crippen LogP contribution in [0, 0.1) is 0 Å². The van der Waals surface area contributed by atoms with Crippen LogP contribution in [-0.2, 0) is 19.4 Å². The first-order chi connectivity index (χ1) is 6.52. The fraction of sp³-hybridized carbons (Fsp3) is 0.875. The maximum atomic E-state index is 11.2. The highest BCUT2D eigenvalue weighted by Crippen LogP contribution is 1.91. The van der Waals surface area contributed by atoms with Crippen LogP contribution in [0.4, 0.5) is 0 Å². The van der Waals surface area contributed by atoms with Crippen molar-refractivity contribution in [2.24, 2.45) is 0 Å². The number of rotatable bonds is 7. The van der Waals surface area contributed by atoms with Gasteiger partial charge in [0.2, 0.25) is 0 Å². The van der Waals surface area contributed by atoms with Crippen molar-refractivity contribution < 1.29 is 17.9 Å². The van der Waals surface area contributed by atoms with Crippen molar-refractivity contribution in [2.75, 3.05) is 31.7 Å². The molecule has 14 heavy (non-hydrogen) atoms. The molecule has 0 bridgehead atoms. The van der Waals surface area contributed by atoms with Gasteiger partial charge in [0, 0.05) is 12.3 Å². The van der Waals surface area contributed by atoms with Gasteiger partial charge in [0.05, 0.1) is 19.4 Å². The number of hydrogen-bond donors (Lipinski definition) is 1. The zero-order valence-electron chi connectivity index (χ0n) is 8.58. The van der Waals surface area contributed by atoms with Gasteiger partial charge in [-0.2, -0.15) is 0 Å². The van der Waals surface area contributed by atoms with Gasteiger partial charge in [-0.3, -0.25) is 4.79 Å². The van der Waals surface area contributed by atoms with E-state index in [1.807, 2.05) is 6.92 Å².